The molecule has 1 N–H and O–H groups in total. The summed E-state index contributed by atoms with van der Waals surface area (Å²) in [5, 5.41) is 4.30. The van der Waals surface area contributed by atoms with Crippen molar-refractivity contribution < 1.29 is 0 Å². The molecule has 0 aliphatic carbocycles. The number of hydrogen-bond acceptors (Lipinski definition) is 2. The van der Waals surface area contributed by atoms with Crippen LogP contribution < -0.4 is 10.2 Å². The van der Waals surface area contributed by atoms with Gasteiger partial charge in [-0.2, -0.15) is 0 Å². The number of benzene rings is 1. The molecular formula is C12H17ClN2. The molecule has 1 aliphatic heterocycles. The molecule has 0 saturated carbocycles. The molecule has 1 unspecified atom stereocenters. The topological polar surface area (TPSA) is 15.3 Å². The molecule has 0 radical (unpaired) electrons. The molecule has 1 fully saturated rings. The quantitative estimate of drug-likeness (QED) is 0.849. The van der Waals surface area contributed by atoms with E-state index in [1.54, 1.807) is 0 Å². The van der Waals surface area contributed by atoms with Gasteiger partial charge in [-0.25, -0.2) is 0 Å². The number of hydrogen-bond donors (Lipinski definition) is 1. The van der Waals surface area contributed by atoms with Gasteiger partial charge in [0.15, 0.2) is 0 Å². The van der Waals surface area contributed by atoms with Gasteiger partial charge in [-0.15, -0.1) is 0 Å². The Bertz CT molecular complexity index is 327. The second kappa shape index (κ2) is 4.86. The number of rotatable bonds is 3. The van der Waals surface area contributed by atoms with Crippen molar-refractivity contribution in [2.75, 3.05) is 24.5 Å². The third-order valence-electron chi connectivity index (χ3n) is 2.85. The minimum atomic E-state index is 0.633. The summed E-state index contributed by atoms with van der Waals surface area (Å²) in [5.74, 6) is 0. The molecule has 0 bridgehead atoms. The van der Waals surface area contributed by atoms with Crippen LogP contribution in [0, 0.1) is 0 Å². The van der Waals surface area contributed by atoms with Crippen LogP contribution in [0.25, 0.3) is 0 Å². The minimum absolute atomic E-state index is 0.633. The largest absolute Gasteiger partial charge is 0.370 e. The number of anilines is 1. The third kappa shape index (κ3) is 2.64. The SMILES string of the molecule is CCNC1CCN(c2cccc(Cl)c2)C1. The first-order chi connectivity index (χ1) is 7.29. The Kier molecular flexibility index (Phi) is 3.49. The number of nitrogens with one attached hydrogen (secondary N) is 1. The Hall–Kier alpha value is -0.730. The van der Waals surface area contributed by atoms with Gasteiger partial charge in [-0.1, -0.05) is 24.6 Å². The molecule has 1 aromatic rings. The summed E-state index contributed by atoms with van der Waals surface area (Å²) in [6.07, 6.45) is 1.22. The zero-order chi connectivity index (χ0) is 10.7. The molecule has 1 aliphatic rings. The molecule has 15 heavy (non-hydrogen) atoms. The summed E-state index contributed by atoms with van der Waals surface area (Å²) in [6.45, 7) is 5.42. The molecule has 3 heteroatoms. The van der Waals surface area contributed by atoms with E-state index >= 15 is 0 Å². The molecule has 1 atom stereocenters. The van der Waals surface area contributed by atoms with E-state index in [0.717, 1.165) is 24.7 Å². The summed E-state index contributed by atoms with van der Waals surface area (Å²) >= 11 is 5.98. The summed E-state index contributed by atoms with van der Waals surface area (Å²) in [4.78, 5) is 2.39. The Morgan fingerprint density at radius 1 is 1.53 bits per heavy atom. The molecule has 1 saturated heterocycles. The highest BCUT2D eigenvalue weighted by Gasteiger charge is 2.21. The fourth-order valence-electron chi connectivity index (χ4n) is 2.12. The maximum absolute atomic E-state index is 5.98. The van der Waals surface area contributed by atoms with E-state index in [9.17, 15) is 0 Å². The normalized spacial score (nSPS) is 20.9. The zero-order valence-corrected chi connectivity index (χ0v) is 9.80. The highest BCUT2D eigenvalue weighted by atomic mass is 35.5. The fourth-order valence-corrected chi connectivity index (χ4v) is 2.31. The smallest absolute Gasteiger partial charge is 0.0426 e. The number of likely N-dealkylation sites (N-methyl/N-ethyl adjacent to an activating group) is 1. The van der Waals surface area contributed by atoms with Crippen LogP contribution in [0.2, 0.25) is 5.02 Å². The van der Waals surface area contributed by atoms with Crippen molar-refractivity contribution in [2.24, 2.45) is 0 Å². The maximum Gasteiger partial charge on any atom is 0.0426 e. The second-order valence-electron chi connectivity index (χ2n) is 3.97. The molecule has 2 nitrogen and oxygen atoms in total. The van der Waals surface area contributed by atoms with Crippen molar-refractivity contribution in [3.63, 3.8) is 0 Å². The van der Waals surface area contributed by atoms with E-state index < -0.39 is 0 Å². The molecule has 0 spiro atoms. The van der Waals surface area contributed by atoms with Gasteiger partial charge < -0.3 is 10.2 Å². The van der Waals surface area contributed by atoms with Crippen LogP contribution in [0.4, 0.5) is 5.69 Å². The highest BCUT2D eigenvalue weighted by molar-refractivity contribution is 6.30. The van der Waals surface area contributed by atoms with Crippen molar-refractivity contribution >= 4 is 17.3 Å². The van der Waals surface area contributed by atoms with E-state index in [4.69, 9.17) is 11.6 Å². The van der Waals surface area contributed by atoms with E-state index in [1.807, 2.05) is 18.2 Å². The lowest BCUT2D eigenvalue weighted by Gasteiger charge is -2.19. The highest BCUT2D eigenvalue weighted by Crippen LogP contribution is 2.23. The van der Waals surface area contributed by atoms with E-state index in [-0.39, 0.29) is 0 Å². The van der Waals surface area contributed by atoms with Crippen LogP contribution in [0.15, 0.2) is 24.3 Å². The summed E-state index contributed by atoms with van der Waals surface area (Å²) in [7, 11) is 0. The zero-order valence-electron chi connectivity index (χ0n) is 9.04. The average Bonchev–Trinajstić information content (AvgIpc) is 2.67. The first-order valence-corrected chi connectivity index (χ1v) is 5.91. The van der Waals surface area contributed by atoms with Crippen LogP contribution in [0.1, 0.15) is 13.3 Å². The van der Waals surface area contributed by atoms with Gasteiger partial charge in [0.05, 0.1) is 0 Å². The van der Waals surface area contributed by atoms with Gasteiger partial charge in [0, 0.05) is 29.8 Å². The summed E-state index contributed by atoms with van der Waals surface area (Å²) < 4.78 is 0. The average molecular weight is 225 g/mol. The Balaban J connectivity index is 2.01. The molecule has 1 aromatic carbocycles. The van der Waals surface area contributed by atoms with E-state index in [1.165, 1.54) is 12.1 Å². The summed E-state index contributed by atoms with van der Waals surface area (Å²) in [5.41, 5.74) is 1.24. The standard InChI is InChI=1S/C12H17ClN2/c1-2-14-11-6-7-15(9-11)12-5-3-4-10(13)8-12/h3-5,8,11,14H,2,6-7,9H2,1H3. The lowest BCUT2D eigenvalue weighted by atomic mass is 10.2. The minimum Gasteiger partial charge on any atom is -0.370 e. The van der Waals surface area contributed by atoms with Gasteiger partial charge in [0.2, 0.25) is 0 Å². The molecule has 2 rings (SSSR count). The van der Waals surface area contributed by atoms with Crippen LogP contribution in [0.3, 0.4) is 0 Å². The Morgan fingerprint density at radius 2 is 2.40 bits per heavy atom. The van der Waals surface area contributed by atoms with Gasteiger partial charge in [0.1, 0.15) is 0 Å². The lowest BCUT2D eigenvalue weighted by Crippen LogP contribution is -2.32. The first-order valence-electron chi connectivity index (χ1n) is 5.53. The van der Waals surface area contributed by atoms with Crippen molar-refractivity contribution in [3.05, 3.63) is 29.3 Å². The molecular weight excluding hydrogens is 208 g/mol. The van der Waals surface area contributed by atoms with Crippen molar-refractivity contribution in [3.8, 4) is 0 Å². The van der Waals surface area contributed by atoms with Crippen molar-refractivity contribution in [2.45, 2.75) is 19.4 Å². The van der Waals surface area contributed by atoms with E-state index in [0.29, 0.717) is 6.04 Å². The van der Waals surface area contributed by atoms with Gasteiger partial charge in [-0.05, 0) is 31.2 Å². The fraction of sp³-hybridized carbons (Fsp3) is 0.500. The first kappa shape index (κ1) is 10.8. The predicted octanol–water partition coefficient (Wildman–Crippen LogP) is 2.53. The Labute approximate surface area is 96.2 Å². The molecule has 0 aromatic heterocycles. The third-order valence-corrected chi connectivity index (χ3v) is 3.09. The van der Waals surface area contributed by atoms with Crippen LogP contribution in [-0.2, 0) is 0 Å². The predicted molar refractivity (Wildman–Crippen MR) is 65.7 cm³/mol. The molecule has 82 valence electrons. The van der Waals surface area contributed by atoms with E-state index in [2.05, 4.69) is 23.2 Å². The maximum atomic E-state index is 5.98. The van der Waals surface area contributed by atoms with Gasteiger partial charge >= 0.3 is 0 Å². The number of halogens is 1. The van der Waals surface area contributed by atoms with Crippen molar-refractivity contribution in [1.29, 1.82) is 0 Å². The van der Waals surface area contributed by atoms with Crippen LogP contribution >= 0.6 is 11.6 Å². The second-order valence-corrected chi connectivity index (χ2v) is 4.41. The molecule has 0 amide bonds. The lowest BCUT2D eigenvalue weighted by molar-refractivity contribution is 0.572. The van der Waals surface area contributed by atoms with Crippen molar-refractivity contribution in [1.82, 2.24) is 5.32 Å². The van der Waals surface area contributed by atoms with Gasteiger partial charge in [0.25, 0.3) is 0 Å². The summed E-state index contributed by atoms with van der Waals surface area (Å²) in [6, 6.07) is 8.73. The van der Waals surface area contributed by atoms with Gasteiger partial charge in [-0.3, -0.25) is 0 Å². The molecule has 1 heterocycles. The van der Waals surface area contributed by atoms with Crippen LogP contribution in [0.5, 0.6) is 0 Å². The monoisotopic (exact) mass is 224 g/mol. The number of nitrogens with zero attached hydrogens (tertiary/aromatic N) is 1. The van der Waals surface area contributed by atoms with Crippen LogP contribution in [-0.4, -0.2) is 25.7 Å². The Morgan fingerprint density at radius 3 is 3.13 bits per heavy atom.